The highest BCUT2D eigenvalue weighted by Crippen LogP contribution is 2.12. The molecule has 0 radical (unpaired) electrons. The second-order valence-corrected chi connectivity index (χ2v) is 6.40. The van der Waals surface area contributed by atoms with Crippen molar-refractivity contribution in [2.24, 2.45) is 10.9 Å². The Hall–Kier alpha value is -0.180. The van der Waals surface area contributed by atoms with Crippen LogP contribution in [0.4, 0.5) is 0 Å². The minimum atomic E-state index is 0. The van der Waals surface area contributed by atoms with Gasteiger partial charge in [0, 0.05) is 38.6 Å². The molecule has 1 aliphatic rings. The van der Waals surface area contributed by atoms with E-state index in [1.54, 1.807) is 7.05 Å². The summed E-state index contributed by atoms with van der Waals surface area (Å²) in [5, 5.41) is 6.72. The molecular formula is C14H29IN4OS. The third-order valence-electron chi connectivity index (χ3n) is 3.38. The van der Waals surface area contributed by atoms with Gasteiger partial charge in [0.2, 0.25) is 5.91 Å². The topological polar surface area (TPSA) is 56.7 Å². The molecular weight excluding hydrogens is 399 g/mol. The fourth-order valence-corrected chi connectivity index (χ4v) is 2.69. The molecule has 1 fully saturated rings. The van der Waals surface area contributed by atoms with Gasteiger partial charge in [-0.2, -0.15) is 11.8 Å². The van der Waals surface area contributed by atoms with Gasteiger partial charge in [0.15, 0.2) is 5.96 Å². The minimum absolute atomic E-state index is 0. The van der Waals surface area contributed by atoms with Crippen LogP contribution in [-0.2, 0) is 4.79 Å². The van der Waals surface area contributed by atoms with Gasteiger partial charge in [0.25, 0.3) is 0 Å². The van der Waals surface area contributed by atoms with Crippen LogP contribution in [-0.4, -0.2) is 61.5 Å². The predicted octanol–water partition coefficient (Wildman–Crippen LogP) is 1.78. The SMILES string of the molecule is CN=C(NCCCSC)NC1CCN(C(=O)C(C)C)C1.I. The molecule has 1 unspecified atom stereocenters. The van der Waals surface area contributed by atoms with Gasteiger partial charge >= 0.3 is 0 Å². The number of guanidine groups is 1. The van der Waals surface area contributed by atoms with E-state index in [1.165, 1.54) is 0 Å². The Morgan fingerprint density at radius 3 is 2.76 bits per heavy atom. The first-order valence-electron chi connectivity index (χ1n) is 7.33. The second kappa shape index (κ2) is 11.4. The lowest BCUT2D eigenvalue weighted by molar-refractivity contribution is -0.133. The molecule has 1 atom stereocenters. The number of carbonyl (C=O) groups excluding carboxylic acids is 1. The lowest BCUT2D eigenvalue weighted by atomic mass is 10.2. The molecule has 1 aliphatic heterocycles. The van der Waals surface area contributed by atoms with Crippen LogP contribution in [0.1, 0.15) is 26.7 Å². The molecule has 124 valence electrons. The molecule has 1 saturated heterocycles. The van der Waals surface area contributed by atoms with Crippen molar-refractivity contribution >= 4 is 47.6 Å². The van der Waals surface area contributed by atoms with Crippen LogP contribution in [0.3, 0.4) is 0 Å². The van der Waals surface area contributed by atoms with Gasteiger partial charge in [0.05, 0.1) is 0 Å². The van der Waals surface area contributed by atoms with Gasteiger partial charge in [-0.3, -0.25) is 9.79 Å². The van der Waals surface area contributed by atoms with Gasteiger partial charge in [-0.25, -0.2) is 0 Å². The molecule has 0 saturated carbocycles. The average molecular weight is 428 g/mol. The molecule has 0 aromatic heterocycles. The van der Waals surface area contributed by atoms with E-state index in [0.29, 0.717) is 6.04 Å². The van der Waals surface area contributed by atoms with Crippen molar-refractivity contribution in [2.75, 3.05) is 38.7 Å². The molecule has 0 aromatic carbocycles. The maximum Gasteiger partial charge on any atom is 0.225 e. The molecule has 1 rings (SSSR count). The van der Waals surface area contributed by atoms with Gasteiger partial charge < -0.3 is 15.5 Å². The molecule has 21 heavy (non-hydrogen) atoms. The predicted molar refractivity (Wildman–Crippen MR) is 103 cm³/mol. The summed E-state index contributed by atoms with van der Waals surface area (Å²) in [6, 6.07) is 0.310. The maximum absolute atomic E-state index is 11.9. The summed E-state index contributed by atoms with van der Waals surface area (Å²) in [7, 11) is 1.79. The molecule has 0 bridgehead atoms. The molecule has 0 spiro atoms. The molecule has 2 N–H and O–H groups in total. The van der Waals surface area contributed by atoms with E-state index in [1.807, 2.05) is 30.5 Å². The van der Waals surface area contributed by atoms with Crippen molar-refractivity contribution in [3.05, 3.63) is 0 Å². The number of rotatable bonds is 6. The molecule has 7 heteroatoms. The first-order chi connectivity index (χ1) is 9.58. The summed E-state index contributed by atoms with van der Waals surface area (Å²) in [5.74, 6) is 2.33. The number of amides is 1. The van der Waals surface area contributed by atoms with Crippen molar-refractivity contribution < 1.29 is 4.79 Å². The zero-order valence-electron chi connectivity index (χ0n) is 13.5. The Labute approximate surface area is 150 Å². The summed E-state index contributed by atoms with van der Waals surface area (Å²) >= 11 is 1.86. The van der Waals surface area contributed by atoms with Gasteiger partial charge in [-0.1, -0.05) is 13.8 Å². The van der Waals surface area contributed by atoms with Crippen LogP contribution in [0.2, 0.25) is 0 Å². The van der Waals surface area contributed by atoms with Gasteiger partial charge in [-0.05, 0) is 24.9 Å². The van der Waals surface area contributed by atoms with Crippen LogP contribution >= 0.6 is 35.7 Å². The lowest BCUT2D eigenvalue weighted by Crippen LogP contribution is -2.45. The number of halogens is 1. The Morgan fingerprint density at radius 1 is 1.48 bits per heavy atom. The molecule has 5 nitrogen and oxygen atoms in total. The van der Waals surface area contributed by atoms with E-state index in [-0.39, 0.29) is 35.8 Å². The Balaban J connectivity index is 0.00000400. The first kappa shape index (κ1) is 20.8. The normalized spacial score (nSPS) is 18.6. The first-order valence-corrected chi connectivity index (χ1v) is 8.72. The van der Waals surface area contributed by atoms with Crippen LogP contribution < -0.4 is 10.6 Å². The summed E-state index contributed by atoms with van der Waals surface area (Å²) in [5.41, 5.74) is 0. The van der Waals surface area contributed by atoms with Crippen LogP contribution in [0, 0.1) is 5.92 Å². The highest BCUT2D eigenvalue weighted by atomic mass is 127. The number of hydrogen-bond donors (Lipinski definition) is 2. The van der Waals surface area contributed by atoms with Crippen molar-refractivity contribution in [2.45, 2.75) is 32.7 Å². The van der Waals surface area contributed by atoms with E-state index >= 15 is 0 Å². The van der Waals surface area contributed by atoms with Crippen molar-refractivity contribution in [1.29, 1.82) is 0 Å². The quantitative estimate of drug-likeness (QED) is 0.293. The Kier molecular flexibility index (Phi) is 11.3. The molecule has 1 amide bonds. The maximum atomic E-state index is 11.9. The van der Waals surface area contributed by atoms with E-state index < -0.39 is 0 Å². The van der Waals surface area contributed by atoms with Crippen LogP contribution in [0.25, 0.3) is 0 Å². The number of nitrogens with one attached hydrogen (secondary N) is 2. The van der Waals surface area contributed by atoms with E-state index in [0.717, 1.165) is 44.2 Å². The third kappa shape index (κ3) is 7.58. The highest BCUT2D eigenvalue weighted by molar-refractivity contribution is 14.0. The monoisotopic (exact) mass is 428 g/mol. The van der Waals surface area contributed by atoms with Crippen LogP contribution in [0.5, 0.6) is 0 Å². The molecule has 1 heterocycles. The molecule has 0 aromatic rings. The number of nitrogens with zero attached hydrogens (tertiary/aromatic N) is 2. The lowest BCUT2D eigenvalue weighted by Gasteiger charge is -2.20. The van der Waals surface area contributed by atoms with Gasteiger partial charge in [-0.15, -0.1) is 24.0 Å². The second-order valence-electron chi connectivity index (χ2n) is 5.41. The Morgan fingerprint density at radius 2 is 2.19 bits per heavy atom. The van der Waals surface area contributed by atoms with E-state index in [2.05, 4.69) is 21.9 Å². The third-order valence-corrected chi connectivity index (χ3v) is 4.07. The average Bonchev–Trinajstić information content (AvgIpc) is 2.89. The van der Waals surface area contributed by atoms with E-state index in [9.17, 15) is 4.79 Å². The summed E-state index contributed by atoms with van der Waals surface area (Å²) in [6.07, 6.45) is 4.24. The largest absolute Gasteiger partial charge is 0.356 e. The summed E-state index contributed by atoms with van der Waals surface area (Å²) in [4.78, 5) is 18.1. The number of carbonyl (C=O) groups is 1. The number of likely N-dealkylation sites (tertiary alicyclic amines) is 1. The zero-order chi connectivity index (χ0) is 15.0. The molecule has 0 aliphatic carbocycles. The fourth-order valence-electron chi connectivity index (χ4n) is 2.25. The van der Waals surface area contributed by atoms with Crippen molar-refractivity contribution in [3.8, 4) is 0 Å². The summed E-state index contributed by atoms with van der Waals surface area (Å²) < 4.78 is 0. The van der Waals surface area contributed by atoms with Crippen LogP contribution in [0.15, 0.2) is 4.99 Å². The zero-order valence-corrected chi connectivity index (χ0v) is 16.7. The van der Waals surface area contributed by atoms with E-state index in [4.69, 9.17) is 0 Å². The smallest absolute Gasteiger partial charge is 0.225 e. The highest BCUT2D eigenvalue weighted by Gasteiger charge is 2.27. The number of aliphatic imine (C=N–C) groups is 1. The number of hydrogen-bond acceptors (Lipinski definition) is 3. The van der Waals surface area contributed by atoms with Gasteiger partial charge in [0.1, 0.15) is 0 Å². The summed E-state index contributed by atoms with van der Waals surface area (Å²) in [6.45, 7) is 6.47. The number of thioether (sulfide) groups is 1. The fraction of sp³-hybridized carbons (Fsp3) is 0.857. The van der Waals surface area contributed by atoms with Crippen molar-refractivity contribution in [3.63, 3.8) is 0 Å². The Bertz CT molecular complexity index is 339. The minimum Gasteiger partial charge on any atom is -0.356 e. The standard InChI is InChI=1S/C14H28N4OS.HI/c1-11(2)13(19)18-8-6-12(10-18)17-14(15-3)16-7-5-9-20-4;/h11-12H,5-10H2,1-4H3,(H2,15,16,17);1H. The van der Waals surface area contributed by atoms with Crippen molar-refractivity contribution in [1.82, 2.24) is 15.5 Å².